The van der Waals surface area contributed by atoms with Gasteiger partial charge in [0.15, 0.2) is 11.9 Å². The maximum absolute atomic E-state index is 12.7. The predicted molar refractivity (Wildman–Crippen MR) is 86.7 cm³/mol. The number of aliphatic hydroxyl groups is 2. The molecule has 128 valence electrons. The van der Waals surface area contributed by atoms with Crippen LogP contribution >= 0.6 is 0 Å². The van der Waals surface area contributed by atoms with Gasteiger partial charge < -0.3 is 19.4 Å². The second-order valence-electron chi connectivity index (χ2n) is 8.58. The van der Waals surface area contributed by atoms with Crippen molar-refractivity contribution in [2.24, 2.45) is 0 Å². The lowest BCUT2D eigenvalue weighted by atomic mass is 9.48. The molecule has 4 aliphatic rings. The summed E-state index contributed by atoms with van der Waals surface area (Å²) in [6, 6.07) is 4.05. The topological polar surface area (TPSA) is 66.8 Å². The fourth-order valence-electron chi connectivity index (χ4n) is 6.15. The highest BCUT2D eigenvalue weighted by Gasteiger charge is 2.75. The third kappa shape index (κ3) is 1.38. The van der Waals surface area contributed by atoms with Gasteiger partial charge in [0.2, 0.25) is 0 Å². The Labute approximate surface area is 141 Å². The Morgan fingerprint density at radius 1 is 1.33 bits per heavy atom. The molecular weight excluding hydrogens is 306 g/mol. The molecule has 0 amide bonds. The van der Waals surface area contributed by atoms with Crippen molar-refractivity contribution < 1.29 is 24.2 Å². The standard InChI is InChI=1S/C19H24NO4/c1-20(2)8-7-18-15-11-3-4-12(10-21)16(15)24-17(18)13(22)5-6-19(18,23)14(20)9-11/h3-4,14,17,21,23H,5-10H2,1-2H3/q+1/t14?,17?,18-,19?/m1/s1. The summed E-state index contributed by atoms with van der Waals surface area (Å²) >= 11 is 0. The van der Waals surface area contributed by atoms with Gasteiger partial charge in [-0.25, -0.2) is 0 Å². The van der Waals surface area contributed by atoms with E-state index in [0.29, 0.717) is 18.6 Å². The second-order valence-corrected chi connectivity index (χ2v) is 8.58. The van der Waals surface area contributed by atoms with Gasteiger partial charge in [0.05, 0.1) is 32.7 Å². The van der Waals surface area contributed by atoms with E-state index in [0.717, 1.165) is 35.0 Å². The predicted octanol–water partition coefficient (Wildman–Crippen LogP) is 0.676. The van der Waals surface area contributed by atoms with Crippen LogP contribution in [0.5, 0.6) is 5.75 Å². The van der Waals surface area contributed by atoms with E-state index >= 15 is 0 Å². The fraction of sp³-hybridized carbons (Fsp3) is 0.632. The number of carbonyl (C=O) groups excluding carboxylic acids is 1. The van der Waals surface area contributed by atoms with Crippen LogP contribution < -0.4 is 4.74 Å². The van der Waals surface area contributed by atoms with Crippen LogP contribution in [0.1, 0.15) is 36.0 Å². The molecule has 0 radical (unpaired) electrons. The first-order chi connectivity index (χ1) is 11.3. The van der Waals surface area contributed by atoms with E-state index in [1.54, 1.807) is 0 Å². The number of rotatable bonds is 1. The third-order valence-corrected chi connectivity index (χ3v) is 7.33. The molecule has 1 spiro atoms. The zero-order valence-corrected chi connectivity index (χ0v) is 14.2. The van der Waals surface area contributed by atoms with Crippen molar-refractivity contribution in [3.63, 3.8) is 0 Å². The summed E-state index contributed by atoms with van der Waals surface area (Å²) in [6.07, 6.45) is 1.83. The van der Waals surface area contributed by atoms with Crippen LogP contribution in [0.25, 0.3) is 0 Å². The van der Waals surface area contributed by atoms with Gasteiger partial charge >= 0.3 is 0 Å². The van der Waals surface area contributed by atoms with Crippen LogP contribution in [-0.2, 0) is 23.2 Å². The number of Topliss-reactive ketones (excluding diaryl/α,β-unsaturated/α-hetero) is 1. The Bertz CT molecular complexity index is 773. The summed E-state index contributed by atoms with van der Waals surface area (Å²) in [5.74, 6) is 0.762. The first kappa shape index (κ1) is 14.9. The number of benzene rings is 1. The summed E-state index contributed by atoms with van der Waals surface area (Å²) < 4.78 is 6.94. The number of carbonyl (C=O) groups is 1. The number of ether oxygens (including phenoxy) is 1. The molecule has 5 rings (SSSR count). The molecule has 2 fully saturated rings. The molecule has 1 saturated heterocycles. The van der Waals surface area contributed by atoms with Gasteiger partial charge in [-0.1, -0.05) is 12.1 Å². The van der Waals surface area contributed by atoms with E-state index in [9.17, 15) is 15.0 Å². The maximum Gasteiger partial charge on any atom is 0.174 e. The molecule has 5 nitrogen and oxygen atoms in total. The normalized spacial score (nSPS) is 40.9. The van der Waals surface area contributed by atoms with Gasteiger partial charge in [-0.15, -0.1) is 0 Å². The van der Waals surface area contributed by atoms with Crippen molar-refractivity contribution in [1.29, 1.82) is 0 Å². The van der Waals surface area contributed by atoms with Crippen molar-refractivity contribution >= 4 is 5.78 Å². The molecule has 2 aliphatic heterocycles. The smallest absolute Gasteiger partial charge is 0.174 e. The minimum absolute atomic E-state index is 0.0730. The average Bonchev–Trinajstić information content (AvgIpc) is 2.90. The Morgan fingerprint density at radius 3 is 2.88 bits per heavy atom. The number of quaternary nitrogens is 1. The van der Waals surface area contributed by atoms with Crippen molar-refractivity contribution in [3.05, 3.63) is 28.8 Å². The van der Waals surface area contributed by atoms with E-state index in [-0.39, 0.29) is 18.4 Å². The van der Waals surface area contributed by atoms with Crippen LogP contribution in [0, 0.1) is 0 Å². The molecule has 2 bridgehead atoms. The number of ketones is 1. The molecule has 4 atom stereocenters. The lowest BCUT2D eigenvalue weighted by Crippen LogP contribution is -2.79. The van der Waals surface area contributed by atoms with Gasteiger partial charge in [0, 0.05) is 30.4 Å². The van der Waals surface area contributed by atoms with Crippen LogP contribution in [0.4, 0.5) is 0 Å². The first-order valence-electron chi connectivity index (χ1n) is 8.86. The fourth-order valence-corrected chi connectivity index (χ4v) is 6.15. The highest BCUT2D eigenvalue weighted by Crippen LogP contribution is 2.64. The van der Waals surface area contributed by atoms with Gasteiger partial charge in [-0.05, 0) is 12.0 Å². The summed E-state index contributed by atoms with van der Waals surface area (Å²) in [5.41, 5.74) is 1.38. The molecule has 5 heteroatoms. The molecule has 2 aliphatic carbocycles. The van der Waals surface area contributed by atoms with Crippen LogP contribution in [0.3, 0.4) is 0 Å². The Morgan fingerprint density at radius 2 is 2.12 bits per heavy atom. The average molecular weight is 330 g/mol. The van der Waals surface area contributed by atoms with Crippen LogP contribution in [0.15, 0.2) is 12.1 Å². The number of hydrogen-bond donors (Lipinski definition) is 2. The number of piperidine rings is 1. The summed E-state index contributed by atoms with van der Waals surface area (Å²) in [5, 5.41) is 21.6. The minimum atomic E-state index is -0.917. The van der Waals surface area contributed by atoms with E-state index in [1.165, 1.54) is 5.56 Å². The third-order valence-electron chi connectivity index (χ3n) is 7.33. The van der Waals surface area contributed by atoms with Crippen LogP contribution in [-0.4, -0.2) is 58.9 Å². The molecule has 1 aromatic rings. The van der Waals surface area contributed by atoms with Crippen LogP contribution in [0.2, 0.25) is 0 Å². The van der Waals surface area contributed by atoms with Gasteiger partial charge in [-0.3, -0.25) is 4.79 Å². The number of likely N-dealkylation sites (tertiary alicyclic amines) is 1. The molecule has 2 N–H and O–H groups in total. The molecule has 3 unspecified atom stereocenters. The largest absolute Gasteiger partial charge is 0.481 e. The highest BCUT2D eigenvalue weighted by molar-refractivity contribution is 5.89. The van der Waals surface area contributed by atoms with E-state index < -0.39 is 17.1 Å². The van der Waals surface area contributed by atoms with Crippen molar-refractivity contribution in [1.82, 2.24) is 0 Å². The molecule has 2 heterocycles. The van der Waals surface area contributed by atoms with E-state index in [1.807, 2.05) is 6.07 Å². The Hall–Kier alpha value is -1.43. The minimum Gasteiger partial charge on any atom is -0.481 e. The lowest BCUT2D eigenvalue weighted by Gasteiger charge is -2.63. The summed E-state index contributed by atoms with van der Waals surface area (Å²) in [7, 11) is 4.37. The van der Waals surface area contributed by atoms with Crippen molar-refractivity contribution in [2.45, 2.75) is 55.5 Å². The lowest BCUT2D eigenvalue weighted by molar-refractivity contribution is -0.931. The van der Waals surface area contributed by atoms with E-state index in [2.05, 4.69) is 20.2 Å². The van der Waals surface area contributed by atoms with E-state index in [4.69, 9.17) is 4.74 Å². The van der Waals surface area contributed by atoms with Gasteiger partial charge in [0.1, 0.15) is 17.4 Å². The van der Waals surface area contributed by atoms with Gasteiger partial charge in [0.25, 0.3) is 0 Å². The van der Waals surface area contributed by atoms with Crippen molar-refractivity contribution in [2.75, 3.05) is 20.6 Å². The zero-order chi connectivity index (χ0) is 16.9. The Kier molecular flexibility index (Phi) is 2.61. The SMILES string of the molecule is C[N+]1(C)CC[C@@]23c4c5ccc(CO)c4OC2C(=O)CCC3(O)C1C5. The molecule has 1 aromatic carbocycles. The zero-order valence-electron chi connectivity index (χ0n) is 14.2. The number of nitrogens with zero attached hydrogens (tertiary/aromatic N) is 1. The molecule has 0 aromatic heterocycles. The number of likely N-dealkylation sites (N-methyl/N-ethyl adjacent to an activating group) is 1. The second kappa shape index (κ2) is 4.21. The number of hydrogen-bond acceptors (Lipinski definition) is 4. The van der Waals surface area contributed by atoms with Crippen molar-refractivity contribution in [3.8, 4) is 5.75 Å². The Balaban J connectivity index is 1.86. The first-order valence-corrected chi connectivity index (χ1v) is 8.86. The van der Waals surface area contributed by atoms with Gasteiger partial charge in [-0.2, -0.15) is 0 Å². The molecular formula is C19H24NO4+. The number of aliphatic hydroxyl groups excluding tert-OH is 1. The summed E-state index contributed by atoms with van der Waals surface area (Å²) in [6.45, 7) is 0.811. The quantitative estimate of drug-likeness (QED) is 0.743. The molecule has 24 heavy (non-hydrogen) atoms. The summed E-state index contributed by atoms with van der Waals surface area (Å²) in [4.78, 5) is 12.7. The monoisotopic (exact) mass is 330 g/mol. The molecule has 1 saturated carbocycles. The highest BCUT2D eigenvalue weighted by atomic mass is 16.5. The maximum atomic E-state index is 12.7.